The highest BCUT2D eigenvalue weighted by molar-refractivity contribution is 5.93. The molecule has 0 saturated heterocycles. The Hall–Kier alpha value is -3.29. The third-order valence-corrected chi connectivity index (χ3v) is 5.00. The number of furan rings is 1. The van der Waals surface area contributed by atoms with Crippen LogP contribution in [0.3, 0.4) is 0 Å². The van der Waals surface area contributed by atoms with E-state index in [9.17, 15) is 14.4 Å². The smallest absolute Gasteiger partial charge is 0.405 e. The first-order valence-electron chi connectivity index (χ1n) is 9.73. The summed E-state index contributed by atoms with van der Waals surface area (Å²) in [5.41, 5.74) is 1.50. The van der Waals surface area contributed by atoms with Gasteiger partial charge in [0.25, 0.3) is 5.91 Å². The number of amides is 3. The second-order valence-corrected chi connectivity index (χ2v) is 7.11. The molecule has 154 valence electrons. The Balaban J connectivity index is 1.66. The molecule has 29 heavy (non-hydrogen) atoms. The van der Waals surface area contributed by atoms with Crippen LogP contribution in [-0.2, 0) is 11.3 Å². The van der Waals surface area contributed by atoms with Crippen LogP contribution in [0, 0.1) is 0 Å². The third-order valence-electron chi connectivity index (χ3n) is 5.00. The number of nitrogens with one attached hydrogen (secondary N) is 2. The minimum atomic E-state index is -1.25. The molecule has 8 nitrogen and oxygen atoms in total. The number of hydrogen-bond donors (Lipinski definition) is 3. The van der Waals surface area contributed by atoms with Gasteiger partial charge in [0.15, 0.2) is 5.76 Å². The average molecular weight is 399 g/mol. The van der Waals surface area contributed by atoms with Gasteiger partial charge in [-0.25, -0.2) is 4.79 Å². The monoisotopic (exact) mass is 399 g/mol. The van der Waals surface area contributed by atoms with Crippen molar-refractivity contribution in [3.63, 3.8) is 0 Å². The Labute approximate surface area is 168 Å². The predicted octanol–water partition coefficient (Wildman–Crippen LogP) is 3.46. The fourth-order valence-electron chi connectivity index (χ4n) is 3.55. The molecule has 1 fully saturated rings. The van der Waals surface area contributed by atoms with E-state index in [4.69, 9.17) is 9.52 Å². The zero-order chi connectivity index (χ0) is 20.6. The number of carbonyl (C=O) groups is 3. The summed E-state index contributed by atoms with van der Waals surface area (Å²) < 4.78 is 5.32. The minimum absolute atomic E-state index is 0.112. The molecule has 0 unspecified atom stereocenters. The van der Waals surface area contributed by atoms with Crippen LogP contribution in [0.5, 0.6) is 0 Å². The first-order valence-corrected chi connectivity index (χ1v) is 9.73. The summed E-state index contributed by atoms with van der Waals surface area (Å²) in [6, 6.07) is 10.8. The number of carbonyl (C=O) groups excluding carboxylic acids is 2. The molecule has 3 N–H and O–H groups in total. The summed E-state index contributed by atoms with van der Waals surface area (Å²) in [5.74, 6) is -0.221. The standard InChI is InChI=1S/C21H25N3O5/c25-19(13-22-21(27)28)23-16-10-8-15(9-11-16)14-24(17-5-2-1-3-6-17)20(26)18-7-4-12-29-18/h4,7-12,17,22H,1-3,5-6,13-14H2,(H,23,25)(H,27,28). The predicted molar refractivity (Wildman–Crippen MR) is 107 cm³/mol. The van der Waals surface area contributed by atoms with Gasteiger partial charge in [0, 0.05) is 18.3 Å². The summed E-state index contributed by atoms with van der Waals surface area (Å²) in [5, 5.41) is 13.2. The van der Waals surface area contributed by atoms with Crippen molar-refractivity contribution in [1.29, 1.82) is 0 Å². The van der Waals surface area contributed by atoms with E-state index < -0.39 is 12.0 Å². The van der Waals surface area contributed by atoms with E-state index in [-0.39, 0.29) is 18.5 Å². The second kappa shape index (κ2) is 9.77. The van der Waals surface area contributed by atoms with Gasteiger partial charge < -0.3 is 25.1 Å². The number of carboxylic acid groups (broad SMARTS) is 1. The highest BCUT2D eigenvalue weighted by atomic mass is 16.4. The Bertz CT molecular complexity index is 827. The lowest BCUT2D eigenvalue weighted by molar-refractivity contribution is -0.115. The quantitative estimate of drug-likeness (QED) is 0.660. The van der Waals surface area contributed by atoms with Crippen LogP contribution in [0.4, 0.5) is 10.5 Å². The number of benzene rings is 1. The van der Waals surface area contributed by atoms with Gasteiger partial charge in [0.1, 0.15) is 6.54 Å². The van der Waals surface area contributed by atoms with Gasteiger partial charge in [-0.3, -0.25) is 9.59 Å². The van der Waals surface area contributed by atoms with E-state index in [1.54, 1.807) is 24.3 Å². The summed E-state index contributed by atoms with van der Waals surface area (Å²) >= 11 is 0. The zero-order valence-electron chi connectivity index (χ0n) is 16.1. The van der Waals surface area contributed by atoms with E-state index in [1.807, 2.05) is 22.3 Å². The van der Waals surface area contributed by atoms with E-state index in [0.717, 1.165) is 31.2 Å². The van der Waals surface area contributed by atoms with Gasteiger partial charge in [-0.15, -0.1) is 0 Å². The molecular formula is C21H25N3O5. The van der Waals surface area contributed by atoms with Crippen molar-refractivity contribution < 1.29 is 23.9 Å². The number of anilines is 1. The zero-order valence-corrected chi connectivity index (χ0v) is 16.1. The van der Waals surface area contributed by atoms with Gasteiger partial charge in [-0.2, -0.15) is 0 Å². The molecule has 2 aromatic rings. The first kappa shape index (κ1) is 20.4. The fourth-order valence-corrected chi connectivity index (χ4v) is 3.55. The van der Waals surface area contributed by atoms with Crippen LogP contribution in [0.2, 0.25) is 0 Å². The van der Waals surface area contributed by atoms with Crippen molar-refractivity contribution in [2.75, 3.05) is 11.9 Å². The average Bonchev–Trinajstić information content (AvgIpc) is 3.27. The van der Waals surface area contributed by atoms with Crippen molar-refractivity contribution in [3.8, 4) is 0 Å². The fraction of sp³-hybridized carbons (Fsp3) is 0.381. The lowest BCUT2D eigenvalue weighted by atomic mass is 9.93. The van der Waals surface area contributed by atoms with Crippen LogP contribution in [0.1, 0.15) is 48.2 Å². The maximum Gasteiger partial charge on any atom is 0.405 e. The van der Waals surface area contributed by atoms with E-state index >= 15 is 0 Å². The van der Waals surface area contributed by atoms with E-state index in [2.05, 4.69) is 5.32 Å². The highest BCUT2D eigenvalue weighted by Crippen LogP contribution is 2.26. The SMILES string of the molecule is O=C(O)NCC(=O)Nc1ccc(CN(C(=O)c2ccco2)C2CCCCC2)cc1. The van der Waals surface area contributed by atoms with Crippen molar-refractivity contribution in [2.24, 2.45) is 0 Å². The van der Waals surface area contributed by atoms with Crippen molar-refractivity contribution in [2.45, 2.75) is 44.7 Å². The Kier molecular flexibility index (Phi) is 6.89. The molecule has 0 spiro atoms. The molecule has 8 heteroatoms. The molecule has 0 aliphatic heterocycles. The molecule has 1 aromatic heterocycles. The van der Waals surface area contributed by atoms with Crippen LogP contribution < -0.4 is 10.6 Å². The molecule has 1 aliphatic rings. The van der Waals surface area contributed by atoms with Gasteiger partial charge in [-0.1, -0.05) is 31.4 Å². The summed E-state index contributed by atoms with van der Waals surface area (Å²) in [6.45, 7) is 0.142. The Morgan fingerprint density at radius 1 is 1.07 bits per heavy atom. The largest absolute Gasteiger partial charge is 0.465 e. The maximum absolute atomic E-state index is 13.0. The van der Waals surface area contributed by atoms with E-state index in [1.165, 1.54) is 12.7 Å². The Morgan fingerprint density at radius 3 is 2.41 bits per heavy atom. The number of rotatable bonds is 7. The molecule has 0 radical (unpaired) electrons. The topological polar surface area (TPSA) is 112 Å². The number of nitrogens with zero attached hydrogens (tertiary/aromatic N) is 1. The van der Waals surface area contributed by atoms with Crippen LogP contribution in [0.25, 0.3) is 0 Å². The Morgan fingerprint density at radius 2 is 1.79 bits per heavy atom. The lowest BCUT2D eigenvalue weighted by Crippen LogP contribution is -2.40. The van der Waals surface area contributed by atoms with Crippen molar-refractivity contribution in [3.05, 3.63) is 54.0 Å². The van der Waals surface area contributed by atoms with E-state index in [0.29, 0.717) is 18.0 Å². The van der Waals surface area contributed by atoms with Crippen molar-refractivity contribution >= 4 is 23.6 Å². The maximum atomic E-state index is 13.0. The van der Waals surface area contributed by atoms with Gasteiger partial charge in [0.2, 0.25) is 5.91 Å². The molecule has 1 aliphatic carbocycles. The number of hydrogen-bond acceptors (Lipinski definition) is 4. The summed E-state index contributed by atoms with van der Waals surface area (Å²) in [7, 11) is 0. The third kappa shape index (κ3) is 5.84. The lowest BCUT2D eigenvalue weighted by Gasteiger charge is -2.34. The molecule has 1 aromatic carbocycles. The summed E-state index contributed by atoms with van der Waals surface area (Å²) in [4.78, 5) is 37.0. The van der Waals surface area contributed by atoms with Crippen molar-refractivity contribution in [1.82, 2.24) is 10.2 Å². The van der Waals surface area contributed by atoms with Crippen LogP contribution in [0.15, 0.2) is 47.1 Å². The molecule has 3 amide bonds. The summed E-state index contributed by atoms with van der Waals surface area (Å²) in [6.07, 6.45) is 5.64. The first-order chi connectivity index (χ1) is 14.0. The van der Waals surface area contributed by atoms with Crippen LogP contribution in [-0.4, -0.2) is 40.5 Å². The minimum Gasteiger partial charge on any atom is -0.465 e. The molecule has 0 atom stereocenters. The molecular weight excluding hydrogens is 374 g/mol. The normalized spacial score (nSPS) is 14.2. The molecule has 1 saturated carbocycles. The highest BCUT2D eigenvalue weighted by Gasteiger charge is 2.27. The molecule has 3 rings (SSSR count). The van der Waals surface area contributed by atoms with Crippen LogP contribution >= 0.6 is 0 Å². The van der Waals surface area contributed by atoms with Gasteiger partial charge in [0.05, 0.1) is 6.26 Å². The van der Waals surface area contributed by atoms with Gasteiger partial charge in [-0.05, 0) is 42.7 Å². The molecule has 0 bridgehead atoms. The van der Waals surface area contributed by atoms with Gasteiger partial charge >= 0.3 is 6.09 Å². The molecule has 1 heterocycles. The second-order valence-electron chi connectivity index (χ2n) is 7.11.